The number of pyridine rings is 1. The van der Waals surface area contributed by atoms with E-state index < -0.39 is 0 Å². The van der Waals surface area contributed by atoms with Gasteiger partial charge in [-0.1, -0.05) is 6.07 Å². The highest BCUT2D eigenvalue weighted by atomic mass is 16.5. The first kappa shape index (κ1) is 19.7. The lowest BCUT2D eigenvalue weighted by molar-refractivity contribution is 0.00576. The largest absolute Gasteiger partial charge is 0.381 e. The lowest BCUT2D eigenvalue weighted by Crippen LogP contribution is -2.44. The third kappa shape index (κ3) is 5.49. The molecule has 3 rings (SSSR count). The maximum absolute atomic E-state index is 10.4. The molecular formula is C21H35N3O2. The zero-order chi connectivity index (χ0) is 18.4. The van der Waals surface area contributed by atoms with E-state index in [0.717, 1.165) is 57.6 Å². The standard InChI is InChI=1S/C21H35N3O2/c1-16-4-3-5-20(23-16)17-10-13-24(14-11-17)15-12-22-21(25)18-6-8-19(26-2)9-7-18/h3-5,17-19,21-22,25H,6-15H2,1-2H3/t18-,19-,21?. The van der Waals surface area contributed by atoms with E-state index >= 15 is 0 Å². The van der Waals surface area contributed by atoms with E-state index in [9.17, 15) is 5.11 Å². The van der Waals surface area contributed by atoms with E-state index in [0.29, 0.717) is 17.9 Å². The van der Waals surface area contributed by atoms with Gasteiger partial charge in [-0.05, 0) is 76.6 Å². The van der Waals surface area contributed by atoms with Crippen LogP contribution >= 0.6 is 0 Å². The molecule has 1 aliphatic carbocycles. The lowest BCUT2D eigenvalue weighted by Gasteiger charge is -2.33. The molecule has 2 heterocycles. The molecule has 1 unspecified atom stereocenters. The average molecular weight is 362 g/mol. The highest BCUT2D eigenvalue weighted by Crippen LogP contribution is 2.28. The second-order valence-corrected chi connectivity index (χ2v) is 7.99. The second-order valence-electron chi connectivity index (χ2n) is 7.99. The van der Waals surface area contributed by atoms with Crippen LogP contribution in [0.3, 0.4) is 0 Å². The van der Waals surface area contributed by atoms with E-state index in [1.165, 1.54) is 18.5 Å². The summed E-state index contributed by atoms with van der Waals surface area (Å²) in [5, 5.41) is 13.7. The van der Waals surface area contributed by atoms with Crippen molar-refractivity contribution in [2.24, 2.45) is 5.92 Å². The van der Waals surface area contributed by atoms with Crippen LogP contribution in [0.4, 0.5) is 0 Å². The van der Waals surface area contributed by atoms with E-state index in [2.05, 4.69) is 35.3 Å². The van der Waals surface area contributed by atoms with Crippen LogP contribution in [-0.2, 0) is 4.74 Å². The van der Waals surface area contributed by atoms with Gasteiger partial charge in [0.2, 0.25) is 0 Å². The van der Waals surface area contributed by atoms with Gasteiger partial charge in [0.05, 0.1) is 6.10 Å². The summed E-state index contributed by atoms with van der Waals surface area (Å²) in [5.41, 5.74) is 2.37. The second kappa shape index (κ2) is 9.79. The zero-order valence-corrected chi connectivity index (χ0v) is 16.4. The SMILES string of the molecule is CO[C@H]1CC[C@H](C(O)NCCN2CCC(c3cccc(C)n3)CC2)CC1. The van der Waals surface area contributed by atoms with Crippen molar-refractivity contribution in [1.29, 1.82) is 0 Å². The topological polar surface area (TPSA) is 57.6 Å². The Morgan fingerprint density at radius 2 is 1.92 bits per heavy atom. The first-order valence-electron chi connectivity index (χ1n) is 10.3. The number of aryl methyl sites for hydroxylation is 1. The Bertz CT molecular complexity index is 538. The van der Waals surface area contributed by atoms with Gasteiger partial charge in [-0.3, -0.25) is 10.3 Å². The highest BCUT2D eigenvalue weighted by Gasteiger charge is 2.26. The monoisotopic (exact) mass is 361 g/mol. The predicted octanol–water partition coefficient (Wildman–Crippen LogP) is 2.68. The Morgan fingerprint density at radius 1 is 1.19 bits per heavy atom. The third-order valence-corrected chi connectivity index (χ3v) is 6.20. The zero-order valence-electron chi connectivity index (χ0n) is 16.4. The van der Waals surface area contributed by atoms with Crippen molar-refractivity contribution in [2.75, 3.05) is 33.3 Å². The summed E-state index contributed by atoms with van der Waals surface area (Å²) in [6.45, 7) is 6.18. The third-order valence-electron chi connectivity index (χ3n) is 6.20. The number of hydrogen-bond donors (Lipinski definition) is 2. The number of aliphatic hydroxyl groups excluding tert-OH is 1. The van der Waals surface area contributed by atoms with Crippen molar-refractivity contribution in [2.45, 2.75) is 63.7 Å². The molecule has 26 heavy (non-hydrogen) atoms. The Hall–Kier alpha value is -1.01. The number of aliphatic hydroxyl groups is 1. The van der Waals surface area contributed by atoms with Crippen LogP contribution in [0.5, 0.6) is 0 Å². The van der Waals surface area contributed by atoms with E-state index in [1.54, 1.807) is 7.11 Å². The van der Waals surface area contributed by atoms with Gasteiger partial charge in [0.15, 0.2) is 0 Å². The minimum absolute atomic E-state index is 0.373. The summed E-state index contributed by atoms with van der Waals surface area (Å²) < 4.78 is 5.41. The van der Waals surface area contributed by atoms with Crippen molar-refractivity contribution in [1.82, 2.24) is 15.2 Å². The Balaban J connectivity index is 1.33. The number of nitrogens with one attached hydrogen (secondary N) is 1. The van der Waals surface area contributed by atoms with Crippen LogP contribution in [0.1, 0.15) is 55.8 Å². The molecule has 0 amide bonds. The smallest absolute Gasteiger partial charge is 0.107 e. The molecule has 2 fully saturated rings. The summed E-state index contributed by atoms with van der Waals surface area (Å²) in [6, 6.07) is 6.36. The normalized spacial score (nSPS) is 26.7. The Labute approximate surface area is 158 Å². The molecule has 146 valence electrons. The maximum atomic E-state index is 10.4. The van der Waals surface area contributed by atoms with E-state index in [4.69, 9.17) is 9.72 Å². The van der Waals surface area contributed by atoms with Crippen LogP contribution in [0, 0.1) is 12.8 Å². The fourth-order valence-electron chi connectivity index (χ4n) is 4.42. The van der Waals surface area contributed by atoms with E-state index in [-0.39, 0.29) is 6.23 Å². The van der Waals surface area contributed by atoms with Crippen molar-refractivity contribution in [3.05, 3.63) is 29.6 Å². The number of aromatic nitrogens is 1. The van der Waals surface area contributed by atoms with Crippen LogP contribution in [0.2, 0.25) is 0 Å². The maximum Gasteiger partial charge on any atom is 0.107 e. The fourth-order valence-corrected chi connectivity index (χ4v) is 4.42. The van der Waals surface area contributed by atoms with E-state index in [1.807, 2.05) is 0 Å². The molecule has 2 aliphatic rings. The van der Waals surface area contributed by atoms with Crippen LogP contribution in [0.15, 0.2) is 18.2 Å². The highest BCUT2D eigenvalue weighted by molar-refractivity contribution is 5.14. The van der Waals surface area contributed by atoms with Gasteiger partial charge in [0, 0.05) is 37.5 Å². The molecule has 0 radical (unpaired) electrons. The minimum Gasteiger partial charge on any atom is -0.381 e. The first-order valence-corrected chi connectivity index (χ1v) is 10.3. The van der Waals surface area contributed by atoms with Crippen molar-refractivity contribution < 1.29 is 9.84 Å². The first-order chi connectivity index (χ1) is 12.7. The molecule has 1 aromatic heterocycles. The number of hydrogen-bond acceptors (Lipinski definition) is 5. The van der Waals surface area contributed by atoms with Crippen molar-refractivity contribution in [3.63, 3.8) is 0 Å². The van der Waals surface area contributed by atoms with Gasteiger partial charge in [-0.15, -0.1) is 0 Å². The van der Waals surface area contributed by atoms with Crippen LogP contribution in [-0.4, -0.2) is 60.6 Å². The summed E-state index contributed by atoms with van der Waals surface area (Å²) in [7, 11) is 1.79. The molecule has 5 nitrogen and oxygen atoms in total. The molecule has 0 spiro atoms. The fraction of sp³-hybridized carbons (Fsp3) is 0.762. The van der Waals surface area contributed by atoms with Gasteiger partial charge in [0.25, 0.3) is 0 Å². The van der Waals surface area contributed by atoms with Gasteiger partial charge >= 0.3 is 0 Å². The summed E-state index contributed by atoms with van der Waals surface area (Å²) in [5.74, 6) is 0.972. The van der Waals surface area contributed by atoms with Gasteiger partial charge < -0.3 is 14.7 Å². The number of likely N-dealkylation sites (tertiary alicyclic amines) is 1. The van der Waals surface area contributed by atoms with Crippen LogP contribution < -0.4 is 5.32 Å². The molecule has 1 aromatic rings. The van der Waals surface area contributed by atoms with Crippen LogP contribution in [0.25, 0.3) is 0 Å². The van der Waals surface area contributed by atoms with Gasteiger partial charge in [-0.25, -0.2) is 0 Å². The number of rotatable bonds is 7. The molecule has 0 bridgehead atoms. The number of nitrogens with zero attached hydrogens (tertiary/aromatic N) is 2. The molecule has 1 atom stereocenters. The molecule has 1 saturated carbocycles. The summed E-state index contributed by atoms with van der Waals surface area (Å²) in [4.78, 5) is 7.21. The van der Waals surface area contributed by atoms with Gasteiger partial charge in [-0.2, -0.15) is 0 Å². The Morgan fingerprint density at radius 3 is 2.58 bits per heavy atom. The Kier molecular flexibility index (Phi) is 7.43. The molecule has 1 aliphatic heterocycles. The molecular weight excluding hydrogens is 326 g/mol. The number of piperidine rings is 1. The quantitative estimate of drug-likeness (QED) is 0.731. The summed E-state index contributed by atoms with van der Waals surface area (Å²) >= 11 is 0. The van der Waals surface area contributed by atoms with Gasteiger partial charge in [0.1, 0.15) is 6.23 Å². The number of ether oxygens (including phenoxy) is 1. The van der Waals surface area contributed by atoms with Crippen molar-refractivity contribution in [3.8, 4) is 0 Å². The predicted molar refractivity (Wildman–Crippen MR) is 104 cm³/mol. The molecule has 1 saturated heterocycles. The number of methoxy groups -OCH3 is 1. The van der Waals surface area contributed by atoms with Crippen molar-refractivity contribution >= 4 is 0 Å². The average Bonchev–Trinajstić information content (AvgIpc) is 2.68. The minimum atomic E-state index is -0.373. The summed E-state index contributed by atoms with van der Waals surface area (Å²) in [6.07, 6.45) is 6.63. The molecule has 2 N–H and O–H groups in total. The lowest BCUT2D eigenvalue weighted by atomic mass is 9.86. The molecule has 0 aromatic carbocycles. The molecule has 5 heteroatoms.